The van der Waals surface area contributed by atoms with E-state index in [0.717, 1.165) is 31.0 Å². The summed E-state index contributed by atoms with van der Waals surface area (Å²) < 4.78 is 23.8. The fourth-order valence-corrected chi connectivity index (χ4v) is 1.75. The van der Waals surface area contributed by atoms with Crippen LogP contribution in [0.4, 0.5) is 4.39 Å². The Balaban J connectivity index is 2.56. The van der Waals surface area contributed by atoms with Gasteiger partial charge in [-0.2, -0.15) is 0 Å². The molecule has 0 unspecified atom stereocenters. The predicted molar refractivity (Wildman–Crippen MR) is 69.8 cm³/mol. The first kappa shape index (κ1) is 14.0. The number of carboxylic acid groups (broad SMARTS) is 1. The van der Waals surface area contributed by atoms with E-state index in [-0.39, 0.29) is 16.7 Å². The van der Waals surface area contributed by atoms with Crippen LogP contribution in [0.2, 0.25) is 0 Å². The normalized spacial score (nSPS) is 10.7. The molecule has 2 rings (SSSR count). The molecule has 0 saturated carbocycles. The lowest BCUT2D eigenvalue weighted by Gasteiger charge is -2.08. The van der Waals surface area contributed by atoms with Gasteiger partial charge in [0.25, 0.3) is 0 Å². The maximum absolute atomic E-state index is 13.5. The van der Waals surface area contributed by atoms with Gasteiger partial charge in [-0.05, 0) is 18.6 Å². The minimum atomic E-state index is -1.42. The van der Waals surface area contributed by atoms with Crippen molar-refractivity contribution < 1.29 is 23.4 Å². The SMILES string of the molecule is CCCCOc1cc(F)cc2cc(C(=O)O)c(=O)oc12. The van der Waals surface area contributed by atoms with Crippen molar-refractivity contribution in [3.8, 4) is 5.75 Å². The molecule has 1 aromatic heterocycles. The predicted octanol–water partition coefficient (Wildman–Crippen LogP) is 2.81. The molecule has 0 saturated heterocycles. The number of aromatic carboxylic acids is 1. The quantitative estimate of drug-likeness (QED) is 0.673. The second-order valence-corrected chi connectivity index (χ2v) is 4.28. The molecule has 0 atom stereocenters. The average Bonchev–Trinajstić information content (AvgIpc) is 2.38. The zero-order valence-electron chi connectivity index (χ0n) is 10.8. The molecular formula is C14H13FO5. The van der Waals surface area contributed by atoms with Crippen molar-refractivity contribution in [2.45, 2.75) is 19.8 Å². The molecule has 1 aromatic carbocycles. The van der Waals surface area contributed by atoms with E-state index in [1.165, 1.54) is 0 Å². The molecule has 0 spiro atoms. The highest BCUT2D eigenvalue weighted by molar-refractivity contribution is 5.92. The molecule has 0 aliphatic carbocycles. The van der Waals surface area contributed by atoms with Crippen LogP contribution in [-0.2, 0) is 0 Å². The number of halogens is 1. The van der Waals surface area contributed by atoms with Crippen molar-refractivity contribution in [1.29, 1.82) is 0 Å². The highest BCUT2D eigenvalue weighted by Gasteiger charge is 2.15. The first-order chi connectivity index (χ1) is 9.52. The summed E-state index contributed by atoms with van der Waals surface area (Å²) in [4.78, 5) is 22.4. The summed E-state index contributed by atoms with van der Waals surface area (Å²) in [6, 6.07) is 3.29. The highest BCUT2D eigenvalue weighted by Crippen LogP contribution is 2.27. The van der Waals surface area contributed by atoms with Gasteiger partial charge in [0.2, 0.25) is 0 Å². The van der Waals surface area contributed by atoms with Crippen LogP contribution in [0, 0.1) is 5.82 Å². The fraction of sp³-hybridized carbons (Fsp3) is 0.286. The summed E-state index contributed by atoms with van der Waals surface area (Å²) in [7, 11) is 0. The molecule has 2 aromatic rings. The van der Waals surface area contributed by atoms with Gasteiger partial charge >= 0.3 is 11.6 Å². The molecule has 106 valence electrons. The second kappa shape index (κ2) is 5.73. The van der Waals surface area contributed by atoms with Gasteiger partial charge < -0.3 is 14.3 Å². The van der Waals surface area contributed by atoms with Crippen LogP contribution >= 0.6 is 0 Å². The van der Waals surface area contributed by atoms with Crippen LogP contribution in [0.5, 0.6) is 5.75 Å². The number of hydrogen-bond donors (Lipinski definition) is 1. The lowest BCUT2D eigenvalue weighted by molar-refractivity contribution is 0.0692. The van der Waals surface area contributed by atoms with Gasteiger partial charge in [0.05, 0.1) is 6.61 Å². The number of ether oxygens (including phenoxy) is 1. The molecule has 1 heterocycles. The number of hydrogen-bond acceptors (Lipinski definition) is 4. The first-order valence-corrected chi connectivity index (χ1v) is 6.16. The number of rotatable bonds is 5. The molecule has 0 amide bonds. The molecule has 1 N–H and O–H groups in total. The highest BCUT2D eigenvalue weighted by atomic mass is 19.1. The van der Waals surface area contributed by atoms with Crippen LogP contribution in [-0.4, -0.2) is 17.7 Å². The van der Waals surface area contributed by atoms with E-state index in [0.29, 0.717) is 6.61 Å². The second-order valence-electron chi connectivity index (χ2n) is 4.28. The maximum Gasteiger partial charge on any atom is 0.351 e. The summed E-state index contributed by atoms with van der Waals surface area (Å²) in [5.74, 6) is -1.91. The minimum absolute atomic E-state index is 0.0532. The molecule has 0 fully saturated rings. The lowest BCUT2D eigenvalue weighted by atomic mass is 10.1. The van der Waals surface area contributed by atoms with Crippen molar-refractivity contribution in [2.75, 3.05) is 6.61 Å². The first-order valence-electron chi connectivity index (χ1n) is 6.16. The summed E-state index contributed by atoms with van der Waals surface area (Å²) in [5, 5.41) is 9.03. The molecule has 0 aliphatic heterocycles. The largest absolute Gasteiger partial charge is 0.490 e. The summed E-state index contributed by atoms with van der Waals surface area (Å²) in [6.07, 6.45) is 1.68. The van der Waals surface area contributed by atoms with Gasteiger partial charge in [-0.15, -0.1) is 0 Å². The van der Waals surface area contributed by atoms with Crippen molar-refractivity contribution in [1.82, 2.24) is 0 Å². The summed E-state index contributed by atoms with van der Waals surface area (Å²) in [5.41, 5.74) is -1.47. The number of fused-ring (bicyclic) bond motifs is 1. The molecule has 0 aliphatic rings. The zero-order valence-corrected chi connectivity index (χ0v) is 10.8. The summed E-state index contributed by atoms with van der Waals surface area (Å²) >= 11 is 0. The third-order valence-electron chi connectivity index (χ3n) is 2.75. The molecule has 0 radical (unpaired) electrons. The fourth-order valence-electron chi connectivity index (χ4n) is 1.75. The average molecular weight is 280 g/mol. The zero-order chi connectivity index (χ0) is 14.7. The van der Waals surface area contributed by atoms with Crippen molar-refractivity contribution in [2.24, 2.45) is 0 Å². The molecule has 5 nitrogen and oxygen atoms in total. The lowest BCUT2D eigenvalue weighted by Crippen LogP contribution is -2.13. The van der Waals surface area contributed by atoms with E-state index in [1.807, 2.05) is 6.92 Å². The van der Waals surface area contributed by atoms with E-state index in [4.69, 9.17) is 14.3 Å². The minimum Gasteiger partial charge on any atom is -0.490 e. The van der Waals surface area contributed by atoms with Gasteiger partial charge in [0, 0.05) is 11.5 Å². The van der Waals surface area contributed by atoms with Gasteiger partial charge in [-0.1, -0.05) is 13.3 Å². The Morgan fingerprint density at radius 2 is 2.15 bits per heavy atom. The summed E-state index contributed by atoms with van der Waals surface area (Å²) in [6.45, 7) is 2.34. The van der Waals surface area contributed by atoms with Crippen LogP contribution in [0.1, 0.15) is 30.1 Å². The Labute approximate surface area is 113 Å². The van der Waals surface area contributed by atoms with E-state index in [9.17, 15) is 14.0 Å². The number of carboxylic acids is 1. The van der Waals surface area contributed by atoms with E-state index < -0.39 is 23.0 Å². The third kappa shape index (κ3) is 2.79. The number of unbranched alkanes of at least 4 members (excludes halogenated alkanes) is 1. The number of benzene rings is 1. The van der Waals surface area contributed by atoms with Gasteiger partial charge in [-0.3, -0.25) is 0 Å². The Morgan fingerprint density at radius 1 is 1.40 bits per heavy atom. The standard InChI is InChI=1S/C14H13FO5/c1-2-3-4-19-11-7-9(15)5-8-6-10(13(16)17)14(18)20-12(8)11/h5-7H,2-4H2,1H3,(H,16,17). The van der Waals surface area contributed by atoms with Crippen molar-refractivity contribution in [3.63, 3.8) is 0 Å². The van der Waals surface area contributed by atoms with Crippen molar-refractivity contribution >= 4 is 16.9 Å². The van der Waals surface area contributed by atoms with Crippen LogP contribution < -0.4 is 10.4 Å². The Bertz CT molecular complexity index is 705. The van der Waals surface area contributed by atoms with Crippen LogP contribution in [0.3, 0.4) is 0 Å². The topological polar surface area (TPSA) is 76.7 Å². The Morgan fingerprint density at radius 3 is 2.80 bits per heavy atom. The smallest absolute Gasteiger partial charge is 0.351 e. The van der Waals surface area contributed by atoms with Crippen LogP contribution in [0.15, 0.2) is 27.4 Å². The molecule has 0 bridgehead atoms. The van der Waals surface area contributed by atoms with Gasteiger partial charge in [0.15, 0.2) is 11.3 Å². The van der Waals surface area contributed by atoms with Crippen molar-refractivity contribution in [3.05, 3.63) is 40.0 Å². The number of carbonyl (C=O) groups is 1. The van der Waals surface area contributed by atoms with Gasteiger partial charge in [-0.25, -0.2) is 14.0 Å². The Kier molecular flexibility index (Phi) is 4.02. The molecular weight excluding hydrogens is 267 g/mol. The van der Waals surface area contributed by atoms with E-state index in [1.54, 1.807) is 0 Å². The molecule has 6 heteroatoms. The van der Waals surface area contributed by atoms with Crippen LogP contribution in [0.25, 0.3) is 11.0 Å². The third-order valence-corrected chi connectivity index (χ3v) is 2.75. The molecule has 20 heavy (non-hydrogen) atoms. The van der Waals surface area contributed by atoms with Gasteiger partial charge in [0.1, 0.15) is 11.4 Å². The van der Waals surface area contributed by atoms with E-state index >= 15 is 0 Å². The monoisotopic (exact) mass is 280 g/mol. The maximum atomic E-state index is 13.5. The Hall–Kier alpha value is -2.37. The van der Waals surface area contributed by atoms with E-state index in [2.05, 4.69) is 0 Å².